The molecule has 0 aliphatic rings. The van der Waals surface area contributed by atoms with Crippen LogP contribution in [-0.4, -0.2) is 47.4 Å². The van der Waals surface area contributed by atoms with Crippen LogP contribution in [0.25, 0.3) is 11.3 Å². The molecule has 3 rings (SSSR count). The molecular formula is C20H23N5O3. The van der Waals surface area contributed by atoms with Crippen LogP contribution in [0.2, 0.25) is 0 Å². The molecule has 0 fully saturated rings. The first-order chi connectivity index (χ1) is 13.7. The highest BCUT2D eigenvalue weighted by atomic mass is 16.5. The smallest absolute Gasteiger partial charge is 0.225 e. The molecule has 28 heavy (non-hydrogen) atoms. The van der Waals surface area contributed by atoms with Gasteiger partial charge in [0.1, 0.15) is 17.3 Å². The van der Waals surface area contributed by atoms with Gasteiger partial charge in [-0.3, -0.25) is 4.98 Å². The average Bonchev–Trinajstić information content (AvgIpc) is 2.74. The van der Waals surface area contributed by atoms with Gasteiger partial charge in [0.25, 0.3) is 0 Å². The molecule has 2 heterocycles. The highest BCUT2D eigenvalue weighted by Crippen LogP contribution is 2.29. The van der Waals surface area contributed by atoms with Crippen molar-refractivity contribution in [3.05, 3.63) is 48.8 Å². The summed E-state index contributed by atoms with van der Waals surface area (Å²) in [5, 5.41) is 15.4. The number of hydrogen-bond acceptors (Lipinski definition) is 8. The number of hydrogen-bond donors (Lipinski definition) is 3. The summed E-state index contributed by atoms with van der Waals surface area (Å²) in [6.45, 7) is 0.670. The summed E-state index contributed by atoms with van der Waals surface area (Å²) in [6.07, 6.45) is 4.07. The summed E-state index contributed by atoms with van der Waals surface area (Å²) < 4.78 is 10.6. The summed E-state index contributed by atoms with van der Waals surface area (Å²) in [5.41, 5.74) is 2.38. The van der Waals surface area contributed by atoms with Crippen molar-refractivity contribution in [3.63, 3.8) is 0 Å². The van der Waals surface area contributed by atoms with Crippen molar-refractivity contribution in [1.29, 1.82) is 0 Å². The molecule has 146 valence electrons. The molecule has 0 bridgehead atoms. The molecule has 3 aromatic rings. The van der Waals surface area contributed by atoms with Gasteiger partial charge in [0, 0.05) is 61.1 Å². The normalized spacial score (nSPS) is 10.4. The summed E-state index contributed by atoms with van der Waals surface area (Å²) in [5.74, 6) is 2.41. The Hall–Kier alpha value is -3.39. The number of rotatable bonds is 9. The van der Waals surface area contributed by atoms with Crippen molar-refractivity contribution in [2.75, 3.05) is 38.0 Å². The minimum Gasteiger partial charge on any atom is -0.497 e. The monoisotopic (exact) mass is 381 g/mol. The van der Waals surface area contributed by atoms with Gasteiger partial charge in [-0.15, -0.1) is 0 Å². The maximum atomic E-state index is 9.00. The molecule has 8 heteroatoms. The third-order valence-electron chi connectivity index (χ3n) is 3.93. The molecule has 8 nitrogen and oxygen atoms in total. The molecule has 0 saturated carbocycles. The fraction of sp³-hybridized carbons (Fsp3) is 0.250. The molecule has 0 amide bonds. The van der Waals surface area contributed by atoms with E-state index in [9.17, 15) is 0 Å². The van der Waals surface area contributed by atoms with Crippen molar-refractivity contribution >= 4 is 17.5 Å². The number of benzene rings is 1. The van der Waals surface area contributed by atoms with Gasteiger partial charge in [-0.25, -0.2) is 4.98 Å². The highest BCUT2D eigenvalue weighted by Gasteiger charge is 2.09. The molecule has 2 aromatic heterocycles. The molecule has 0 atom stereocenters. The first-order valence-electron chi connectivity index (χ1n) is 8.86. The Morgan fingerprint density at radius 3 is 2.46 bits per heavy atom. The van der Waals surface area contributed by atoms with Gasteiger partial charge in [0.2, 0.25) is 5.95 Å². The van der Waals surface area contributed by atoms with E-state index in [-0.39, 0.29) is 6.61 Å². The minimum absolute atomic E-state index is 0.101. The van der Waals surface area contributed by atoms with Gasteiger partial charge in [0.15, 0.2) is 0 Å². The quantitative estimate of drug-likeness (QED) is 0.486. The van der Waals surface area contributed by atoms with Gasteiger partial charge in [-0.1, -0.05) is 0 Å². The number of nitrogens with one attached hydrogen (secondary N) is 2. The van der Waals surface area contributed by atoms with Gasteiger partial charge < -0.3 is 25.2 Å². The number of aliphatic hydroxyl groups is 1. The zero-order chi connectivity index (χ0) is 19.8. The maximum absolute atomic E-state index is 9.00. The number of methoxy groups -OCH3 is 2. The second-order valence-corrected chi connectivity index (χ2v) is 5.93. The molecule has 0 aliphatic carbocycles. The standard InChI is InChI=1S/C20H23N5O3/c1-27-16-9-15(10-17(11-16)28-2)23-19-12-18(14-5-3-6-21-13-14)24-20(25-19)22-7-4-8-26/h3,5-6,9-13,26H,4,7-8H2,1-2H3,(H2,22,23,24,25). The van der Waals surface area contributed by atoms with Crippen molar-refractivity contribution in [2.24, 2.45) is 0 Å². The summed E-state index contributed by atoms with van der Waals surface area (Å²) in [4.78, 5) is 13.2. The van der Waals surface area contributed by atoms with Crippen LogP contribution in [0.4, 0.5) is 17.5 Å². The third-order valence-corrected chi connectivity index (χ3v) is 3.93. The van der Waals surface area contributed by atoms with E-state index in [4.69, 9.17) is 14.6 Å². The van der Waals surface area contributed by atoms with Crippen LogP contribution in [0.3, 0.4) is 0 Å². The second kappa shape index (κ2) is 9.52. The van der Waals surface area contributed by atoms with Crippen LogP contribution >= 0.6 is 0 Å². The number of ether oxygens (including phenoxy) is 2. The zero-order valence-electron chi connectivity index (χ0n) is 15.8. The summed E-state index contributed by atoms with van der Waals surface area (Å²) >= 11 is 0. The Morgan fingerprint density at radius 1 is 1.04 bits per heavy atom. The third kappa shape index (κ3) is 5.08. The largest absolute Gasteiger partial charge is 0.497 e. The van der Waals surface area contributed by atoms with E-state index in [0.717, 1.165) is 16.9 Å². The average molecular weight is 381 g/mol. The van der Waals surface area contributed by atoms with Crippen LogP contribution in [0, 0.1) is 0 Å². The Balaban J connectivity index is 1.94. The number of anilines is 3. The van der Waals surface area contributed by atoms with Crippen LogP contribution in [0.15, 0.2) is 48.8 Å². The zero-order valence-corrected chi connectivity index (χ0v) is 15.8. The van der Waals surface area contributed by atoms with E-state index in [1.807, 2.05) is 30.3 Å². The van der Waals surface area contributed by atoms with Crippen LogP contribution in [0.5, 0.6) is 11.5 Å². The summed E-state index contributed by atoms with van der Waals surface area (Å²) in [6, 6.07) is 11.1. The predicted octanol–water partition coefficient (Wildman–Crippen LogP) is 3.09. The number of aliphatic hydroxyl groups excluding tert-OH is 1. The first kappa shape index (κ1) is 19.4. The number of pyridine rings is 1. The molecule has 0 saturated heterocycles. The first-order valence-corrected chi connectivity index (χ1v) is 8.86. The fourth-order valence-corrected chi connectivity index (χ4v) is 2.56. The molecule has 0 unspecified atom stereocenters. The van der Waals surface area contributed by atoms with Gasteiger partial charge in [-0.05, 0) is 18.6 Å². The molecule has 3 N–H and O–H groups in total. The molecule has 0 spiro atoms. The fourth-order valence-electron chi connectivity index (χ4n) is 2.56. The lowest BCUT2D eigenvalue weighted by molar-refractivity contribution is 0.292. The van der Waals surface area contributed by atoms with Crippen LogP contribution in [0.1, 0.15) is 6.42 Å². The lowest BCUT2D eigenvalue weighted by Crippen LogP contribution is -2.08. The Bertz CT molecular complexity index is 883. The number of aromatic nitrogens is 3. The Kier molecular flexibility index (Phi) is 6.59. The SMILES string of the molecule is COc1cc(Nc2cc(-c3cccnc3)nc(NCCCO)n2)cc(OC)c1. The van der Waals surface area contributed by atoms with Crippen molar-refractivity contribution in [1.82, 2.24) is 15.0 Å². The molecular weight excluding hydrogens is 358 g/mol. The van der Waals surface area contributed by atoms with E-state index in [2.05, 4.69) is 25.6 Å². The van der Waals surface area contributed by atoms with Crippen LogP contribution in [-0.2, 0) is 0 Å². The maximum Gasteiger partial charge on any atom is 0.225 e. The van der Waals surface area contributed by atoms with E-state index in [0.29, 0.717) is 36.2 Å². The van der Waals surface area contributed by atoms with Gasteiger partial charge in [-0.2, -0.15) is 4.98 Å². The van der Waals surface area contributed by atoms with E-state index < -0.39 is 0 Å². The van der Waals surface area contributed by atoms with Crippen molar-refractivity contribution in [2.45, 2.75) is 6.42 Å². The molecule has 0 aliphatic heterocycles. The lowest BCUT2D eigenvalue weighted by Gasteiger charge is -2.13. The molecule has 0 radical (unpaired) electrons. The predicted molar refractivity (Wildman–Crippen MR) is 108 cm³/mol. The minimum atomic E-state index is 0.101. The Morgan fingerprint density at radius 2 is 1.82 bits per heavy atom. The molecule has 1 aromatic carbocycles. The Labute approximate surface area is 163 Å². The van der Waals surface area contributed by atoms with Crippen LogP contribution < -0.4 is 20.1 Å². The van der Waals surface area contributed by atoms with E-state index in [1.165, 1.54) is 0 Å². The van der Waals surface area contributed by atoms with Gasteiger partial charge in [0.05, 0.1) is 19.9 Å². The summed E-state index contributed by atoms with van der Waals surface area (Å²) in [7, 11) is 3.21. The van der Waals surface area contributed by atoms with Gasteiger partial charge >= 0.3 is 0 Å². The lowest BCUT2D eigenvalue weighted by atomic mass is 10.2. The van der Waals surface area contributed by atoms with Crippen molar-refractivity contribution < 1.29 is 14.6 Å². The van der Waals surface area contributed by atoms with Crippen molar-refractivity contribution in [3.8, 4) is 22.8 Å². The number of nitrogens with zero attached hydrogens (tertiary/aromatic N) is 3. The topological polar surface area (TPSA) is 101 Å². The van der Waals surface area contributed by atoms with E-state index in [1.54, 1.807) is 32.7 Å². The second-order valence-electron chi connectivity index (χ2n) is 5.93. The highest BCUT2D eigenvalue weighted by molar-refractivity contribution is 5.68. The van der Waals surface area contributed by atoms with E-state index >= 15 is 0 Å².